The minimum Gasteiger partial charge on any atom is -0.507 e. The lowest BCUT2D eigenvalue weighted by Gasteiger charge is -2.24. The number of benzene rings is 2. The quantitative estimate of drug-likeness (QED) is 0.326. The molecule has 0 bridgehead atoms. The lowest BCUT2D eigenvalue weighted by Crippen LogP contribution is -2.29. The molecule has 1 saturated heterocycles. The van der Waals surface area contributed by atoms with Crippen LogP contribution >= 0.6 is 0 Å². The van der Waals surface area contributed by atoms with E-state index in [0.29, 0.717) is 22.6 Å². The molecule has 34 heavy (non-hydrogen) atoms. The number of nitrogens with zero attached hydrogens (tertiary/aromatic N) is 2. The van der Waals surface area contributed by atoms with Gasteiger partial charge in [0.15, 0.2) is 5.82 Å². The van der Waals surface area contributed by atoms with Crippen LogP contribution in [0.5, 0.6) is 5.75 Å². The average Bonchev–Trinajstić information content (AvgIpc) is 3.33. The Hall–Kier alpha value is -3.87. The molecule has 0 spiro atoms. The van der Waals surface area contributed by atoms with Gasteiger partial charge in [-0.25, -0.2) is 0 Å². The summed E-state index contributed by atoms with van der Waals surface area (Å²) in [5.41, 5.74) is 2.93. The van der Waals surface area contributed by atoms with Crippen molar-refractivity contribution in [1.82, 2.24) is 5.16 Å². The monoisotopic (exact) mass is 460 g/mol. The molecule has 0 aliphatic carbocycles. The summed E-state index contributed by atoms with van der Waals surface area (Å²) < 4.78 is 10.5. The second-order valence-corrected chi connectivity index (χ2v) is 9.52. The molecule has 176 valence electrons. The summed E-state index contributed by atoms with van der Waals surface area (Å²) in [5, 5.41) is 15.3. The molecule has 7 heteroatoms. The topological polar surface area (TPSA) is 92.9 Å². The first kappa shape index (κ1) is 23.3. The zero-order valence-electron chi connectivity index (χ0n) is 20.2. The van der Waals surface area contributed by atoms with Crippen molar-refractivity contribution in [1.29, 1.82) is 0 Å². The second kappa shape index (κ2) is 8.48. The molecule has 1 atom stereocenters. The third-order valence-corrected chi connectivity index (χ3v) is 6.07. The van der Waals surface area contributed by atoms with Gasteiger partial charge in [0.2, 0.25) is 0 Å². The Labute approximate surface area is 198 Å². The van der Waals surface area contributed by atoms with E-state index in [1.165, 1.54) is 4.90 Å². The Kier molecular flexibility index (Phi) is 5.81. The molecule has 1 fully saturated rings. The van der Waals surface area contributed by atoms with Crippen LogP contribution < -0.4 is 9.64 Å². The fraction of sp³-hybridized carbons (Fsp3) is 0.296. The highest BCUT2D eigenvalue weighted by Crippen LogP contribution is 2.42. The van der Waals surface area contributed by atoms with Crippen molar-refractivity contribution < 1.29 is 24.0 Å². The standard InChI is InChI=1S/C27H28N2O5/c1-15-13-18(9-12-20(15)33-6)24(30)22-23(17-7-10-19(11-8-17)27(3,4)5)29(26(32)25(22)31)21-14-16(2)34-28-21/h7-14,23,30H,1-6H3/b24-22+. The van der Waals surface area contributed by atoms with Gasteiger partial charge in [0, 0.05) is 11.6 Å². The largest absolute Gasteiger partial charge is 0.507 e. The van der Waals surface area contributed by atoms with E-state index < -0.39 is 17.7 Å². The summed E-state index contributed by atoms with van der Waals surface area (Å²) in [5.74, 6) is -0.429. The van der Waals surface area contributed by atoms with Gasteiger partial charge in [-0.2, -0.15) is 0 Å². The predicted octanol–water partition coefficient (Wildman–Crippen LogP) is 5.22. The number of methoxy groups -OCH3 is 1. The van der Waals surface area contributed by atoms with Crippen molar-refractivity contribution in [2.24, 2.45) is 0 Å². The number of carbonyl (C=O) groups excluding carboxylic acids is 2. The summed E-state index contributed by atoms with van der Waals surface area (Å²) in [6.07, 6.45) is 0. The fourth-order valence-corrected chi connectivity index (χ4v) is 4.20. The summed E-state index contributed by atoms with van der Waals surface area (Å²) in [7, 11) is 1.56. The highest BCUT2D eigenvalue weighted by molar-refractivity contribution is 6.51. The van der Waals surface area contributed by atoms with Crippen LogP contribution in [0.1, 0.15) is 54.8 Å². The van der Waals surface area contributed by atoms with Gasteiger partial charge in [-0.3, -0.25) is 14.5 Å². The van der Waals surface area contributed by atoms with E-state index in [9.17, 15) is 14.7 Å². The van der Waals surface area contributed by atoms with Crippen molar-refractivity contribution in [3.63, 3.8) is 0 Å². The Bertz CT molecular complexity index is 1300. The van der Waals surface area contributed by atoms with Crippen LogP contribution in [-0.2, 0) is 15.0 Å². The number of ketones is 1. The van der Waals surface area contributed by atoms with Crippen LogP contribution in [-0.4, -0.2) is 29.1 Å². The molecule has 1 aliphatic heterocycles. The number of aromatic nitrogens is 1. The number of ether oxygens (including phenoxy) is 1. The van der Waals surface area contributed by atoms with Gasteiger partial charge >= 0.3 is 5.91 Å². The lowest BCUT2D eigenvalue weighted by molar-refractivity contribution is -0.132. The normalized spacial score (nSPS) is 17.9. The van der Waals surface area contributed by atoms with E-state index in [-0.39, 0.29) is 22.6 Å². The number of amides is 1. The van der Waals surface area contributed by atoms with Crippen LogP contribution in [0.4, 0.5) is 5.82 Å². The maximum atomic E-state index is 13.2. The summed E-state index contributed by atoms with van der Waals surface area (Å²) >= 11 is 0. The van der Waals surface area contributed by atoms with E-state index in [4.69, 9.17) is 9.26 Å². The Balaban J connectivity index is 1.91. The van der Waals surface area contributed by atoms with Gasteiger partial charge in [0.1, 0.15) is 17.3 Å². The van der Waals surface area contributed by atoms with Crippen LogP contribution in [0, 0.1) is 13.8 Å². The average molecular weight is 461 g/mol. The zero-order valence-corrected chi connectivity index (χ0v) is 20.2. The van der Waals surface area contributed by atoms with Crippen molar-refractivity contribution in [2.45, 2.75) is 46.1 Å². The molecule has 1 unspecified atom stereocenters. The number of aliphatic hydroxyl groups is 1. The number of anilines is 1. The molecule has 2 aromatic carbocycles. The minimum atomic E-state index is -0.860. The van der Waals surface area contributed by atoms with Gasteiger partial charge in [-0.15, -0.1) is 0 Å². The maximum Gasteiger partial charge on any atom is 0.301 e. The first-order valence-electron chi connectivity index (χ1n) is 11.0. The zero-order chi connectivity index (χ0) is 24.8. The van der Waals surface area contributed by atoms with E-state index in [1.54, 1.807) is 38.3 Å². The highest BCUT2D eigenvalue weighted by Gasteiger charge is 2.48. The molecule has 2 heterocycles. The Morgan fingerprint density at radius 1 is 1.06 bits per heavy atom. The van der Waals surface area contributed by atoms with Crippen molar-refractivity contribution >= 4 is 23.3 Å². The van der Waals surface area contributed by atoms with E-state index >= 15 is 0 Å². The fourth-order valence-electron chi connectivity index (χ4n) is 4.20. The first-order valence-corrected chi connectivity index (χ1v) is 11.0. The molecule has 0 radical (unpaired) electrons. The third-order valence-electron chi connectivity index (χ3n) is 6.07. The smallest absolute Gasteiger partial charge is 0.301 e. The lowest BCUT2D eigenvalue weighted by atomic mass is 9.85. The molecule has 1 amide bonds. The molecule has 1 N–H and O–H groups in total. The van der Waals surface area contributed by atoms with Crippen LogP contribution in [0.15, 0.2) is 58.6 Å². The molecule has 1 aromatic heterocycles. The van der Waals surface area contributed by atoms with E-state index in [1.807, 2.05) is 31.2 Å². The number of hydrogen-bond acceptors (Lipinski definition) is 6. The third kappa shape index (κ3) is 3.98. The number of Topliss-reactive ketones (excluding diaryl/α,β-unsaturated/α-hetero) is 1. The molecule has 3 aromatic rings. The van der Waals surface area contributed by atoms with Crippen molar-refractivity contribution in [3.8, 4) is 5.75 Å². The SMILES string of the molecule is COc1ccc(/C(O)=C2\C(=O)C(=O)N(c3cc(C)on3)C2c2ccc(C(C)(C)C)cc2)cc1C. The summed E-state index contributed by atoms with van der Waals surface area (Å²) in [6.45, 7) is 9.88. The van der Waals surface area contributed by atoms with Crippen LogP contribution in [0.3, 0.4) is 0 Å². The van der Waals surface area contributed by atoms with Crippen molar-refractivity contribution in [3.05, 3.63) is 82.1 Å². The maximum absolute atomic E-state index is 13.2. The molecule has 0 saturated carbocycles. The van der Waals surface area contributed by atoms with Crippen LogP contribution in [0.25, 0.3) is 5.76 Å². The predicted molar refractivity (Wildman–Crippen MR) is 129 cm³/mol. The molecule has 1 aliphatic rings. The summed E-state index contributed by atoms with van der Waals surface area (Å²) in [6, 6.07) is 13.5. The highest BCUT2D eigenvalue weighted by atomic mass is 16.5. The Morgan fingerprint density at radius 2 is 1.74 bits per heavy atom. The van der Waals surface area contributed by atoms with Crippen molar-refractivity contribution in [2.75, 3.05) is 12.0 Å². The number of aliphatic hydroxyl groups excluding tert-OH is 1. The Morgan fingerprint density at radius 3 is 2.26 bits per heavy atom. The van der Waals surface area contributed by atoms with Gasteiger partial charge in [0.05, 0.1) is 18.7 Å². The van der Waals surface area contributed by atoms with Gasteiger partial charge in [-0.1, -0.05) is 50.2 Å². The molecule has 4 rings (SSSR count). The second-order valence-electron chi connectivity index (χ2n) is 9.52. The minimum absolute atomic E-state index is 0.00118. The van der Waals surface area contributed by atoms with Crippen LogP contribution in [0.2, 0.25) is 0 Å². The number of aryl methyl sites for hydroxylation is 2. The van der Waals surface area contributed by atoms with E-state index in [2.05, 4.69) is 25.9 Å². The van der Waals surface area contributed by atoms with Gasteiger partial charge in [0.25, 0.3) is 5.78 Å². The van der Waals surface area contributed by atoms with Gasteiger partial charge < -0.3 is 14.4 Å². The van der Waals surface area contributed by atoms with Gasteiger partial charge in [-0.05, 0) is 54.2 Å². The number of rotatable bonds is 4. The first-order chi connectivity index (χ1) is 16.0. The number of carbonyl (C=O) groups is 2. The van der Waals surface area contributed by atoms with E-state index in [0.717, 1.165) is 11.1 Å². The molecule has 7 nitrogen and oxygen atoms in total. The summed E-state index contributed by atoms with van der Waals surface area (Å²) in [4.78, 5) is 27.7. The molecular formula is C27H28N2O5. The molecular weight excluding hydrogens is 432 g/mol. The number of hydrogen-bond donors (Lipinski definition) is 1.